The zero-order valence-corrected chi connectivity index (χ0v) is 14.6. The summed E-state index contributed by atoms with van der Waals surface area (Å²) in [5.41, 5.74) is 0.493. The van der Waals surface area contributed by atoms with Crippen LogP contribution in [-0.4, -0.2) is 43.0 Å². The number of benzene rings is 1. The van der Waals surface area contributed by atoms with Crippen molar-refractivity contribution in [1.82, 2.24) is 9.88 Å². The number of aromatic nitrogens is 1. The Labute approximate surface area is 150 Å². The molecule has 2 N–H and O–H groups in total. The number of anilines is 2. The third kappa shape index (κ3) is 6.03. The first kappa shape index (κ1) is 19.7. The molecule has 0 spiro atoms. The molecule has 1 aromatic heterocycles. The maximum absolute atomic E-state index is 12.5. The van der Waals surface area contributed by atoms with Crippen molar-refractivity contribution >= 4 is 17.3 Å². The van der Waals surface area contributed by atoms with E-state index in [4.69, 9.17) is 0 Å². The summed E-state index contributed by atoms with van der Waals surface area (Å²) in [5.74, 6) is -0.482. The van der Waals surface area contributed by atoms with Gasteiger partial charge in [0.25, 0.3) is 5.91 Å². The Kier molecular flexibility index (Phi) is 6.57. The van der Waals surface area contributed by atoms with Crippen molar-refractivity contribution in [2.24, 2.45) is 0 Å². The average Bonchev–Trinajstić information content (AvgIpc) is 2.59. The van der Waals surface area contributed by atoms with Crippen molar-refractivity contribution in [2.45, 2.75) is 12.6 Å². The molecule has 0 unspecified atom stereocenters. The molecule has 0 aliphatic heterocycles. The number of halogens is 3. The third-order valence-electron chi connectivity index (χ3n) is 3.58. The summed E-state index contributed by atoms with van der Waals surface area (Å²) in [6.07, 6.45) is -1.88. The van der Waals surface area contributed by atoms with Gasteiger partial charge in [-0.3, -0.25) is 4.79 Å². The Morgan fingerprint density at radius 3 is 2.27 bits per heavy atom. The molecule has 1 amide bonds. The van der Waals surface area contributed by atoms with Gasteiger partial charge in [0.05, 0.1) is 17.4 Å². The highest BCUT2D eigenvalue weighted by Gasteiger charge is 2.30. The quantitative estimate of drug-likeness (QED) is 0.734. The number of rotatable bonds is 7. The van der Waals surface area contributed by atoms with E-state index in [0.717, 1.165) is 37.3 Å². The zero-order valence-electron chi connectivity index (χ0n) is 14.6. The van der Waals surface area contributed by atoms with Gasteiger partial charge in [-0.05, 0) is 63.5 Å². The Morgan fingerprint density at radius 1 is 1.08 bits per heavy atom. The molecule has 5 nitrogen and oxygen atoms in total. The fourth-order valence-electron chi connectivity index (χ4n) is 2.20. The molecule has 140 valence electrons. The second-order valence-electron chi connectivity index (χ2n) is 6.04. The van der Waals surface area contributed by atoms with Crippen LogP contribution in [-0.2, 0) is 6.18 Å². The molecule has 2 rings (SSSR count). The molecular weight excluding hydrogens is 345 g/mol. The third-order valence-corrected chi connectivity index (χ3v) is 3.58. The minimum absolute atomic E-state index is 0.184. The number of carbonyl (C=O) groups excluding carboxylic acids is 1. The van der Waals surface area contributed by atoms with Crippen molar-refractivity contribution in [3.05, 3.63) is 53.9 Å². The summed E-state index contributed by atoms with van der Waals surface area (Å²) in [4.78, 5) is 18.3. The normalized spacial score (nSPS) is 11.5. The van der Waals surface area contributed by atoms with Gasteiger partial charge in [-0.15, -0.1) is 0 Å². The highest BCUT2D eigenvalue weighted by Crippen LogP contribution is 2.29. The van der Waals surface area contributed by atoms with Crippen LogP contribution in [0, 0.1) is 0 Å². The Hall–Kier alpha value is -2.61. The van der Waals surface area contributed by atoms with Crippen LogP contribution in [0.3, 0.4) is 0 Å². The lowest BCUT2D eigenvalue weighted by molar-refractivity contribution is -0.137. The van der Waals surface area contributed by atoms with Gasteiger partial charge in [-0.2, -0.15) is 13.2 Å². The predicted octanol–water partition coefficient (Wildman–Crippen LogP) is 3.72. The summed E-state index contributed by atoms with van der Waals surface area (Å²) in [5, 5.41) is 5.74. The van der Waals surface area contributed by atoms with Crippen LogP contribution < -0.4 is 10.6 Å². The van der Waals surface area contributed by atoms with E-state index >= 15 is 0 Å². The second kappa shape index (κ2) is 8.66. The number of pyridine rings is 1. The van der Waals surface area contributed by atoms with Crippen molar-refractivity contribution < 1.29 is 18.0 Å². The lowest BCUT2D eigenvalue weighted by Crippen LogP contribution is -2.17. The van der Waals surface area contributed by atoms with Crippen molar-refractivity contribution in [3.63, 3.8) is 0 Å². The number of nitrogens with zero attached hydrogens (tertiary/aromatic N) is 2. The topological polar surface area (TPSA) is 57.3 Å². The first-order chi connectivity index (χ1) is 12.3. The van der Waals surface area contributed by atoms with Gasteiger partial charge in [0.15, 0.2) is 0 Å². The van der Waals surface area contributed by atoms with Crippen LogP contribution in [0.2, 0.25) is 0 Å². The molecule has 1 aromatic carbocycles. The Bertz CT molecular complexity index is 713. The molecule has 0 aliphatic carbocycles. The molecule has 0 aliphatic rings. The van der Waals surface area contributed by atoms with E-state index in [1.807, 2.05) is 14.1 Å². The fourth-order valence-corrected chi connectivity index (χ4v) is 2.20. The van der Waals surface area contributed by atoms with E-state index in [-0.39, 0.29) is 11.4 Å². The summed E-state index contributed by atoms with van der Waals surface area (Å²) >= 11 is 0. The molecule has 0 radical (unpaired) electrons. The van der Waals surface area contributed by atoms with Gasteiger partial charge < -0.3 is 15.5 Å². The summed E-state index contributed by atoms with van der Waals surface area (Å²) in [7, 11) is 4.01. The van der Waals surface area contributed by atoms with Gasteiger partial charge in [-0.1, -0.05) is 0 Å². The number of alkyl halides is 3. The molecule has 0 bridgehead atoms. The molecule has 26 heavy (non-hydrogen) atoms. The SMILES string of the molecule is CN(C)CCCNc1ccc(C(=O)Nc2ccc(C(F)(F)F)cc2)nc1. The van der Waals surface area contributed by atoms with Crippen LogP contribution >= 0.6 is 0 Å². The Morgan fingerprint density at radius 2 is 1.73 bits per heavy atom. The molecule has 1 heterocycles. The largest absolute Gasteiger partial charge is 0.416 e. The summed E-state index contributed by atoms with van der Waals surface area (Å²) < 4.78 is 37.6. The standard InChI is InChI=1S/C18H21F3N4O/c1-25(2)11-3-10-22-15-8-9-16(23-12-15)17(26)24-14-6-4-13(5-7-14)18(19,20)21/h4-9,12,22H,3,10-11H2,1-2H3,(H,24,26). The highest BCUT2D eigenvalue weighted by atomic mass is 19.4. The van der Waals surface area contributed by atoms with Crippen molar-refractivity contribution in [2.75, 3.05) is 37.8 Å². The zero-order chi connectivity index (χ0) is 19.2. The Balaban J connectivity index is 1.89. The first-order valence-electron chi connectivity index (χ1n) is 8.09. The molecule has 0 saturated carbocycles. The van der Waals surface area contributed by atoms with Crippen molar-refractivity contribution in [3.8, 4) is 0 Å². The van der Waals surface area contributed by atoms with Crippen LogP contribution in [0.25, 0.3) is 0 Å². The molecule has 2 aromatic rings. The number of nitrogens with one attached hydrogen (secondary N) is 2. The van der Waals surface area contributed by atoms with Gasteiger partial charge >= 0.3 is 6.18 Å². The maximum atomic E-state index is 12.5. The van der Waals surface area contributed by atoms with E-state index in [1.165, 1.54) is 12.1 Å². The summed E-state index contributed by atoms with van der Waals surface area (Å²) in [6, 6.07) is 7.56. The number of amides is 1. The predicted molar refractivity (Wildman–Crippen MR) is 95.3 cm³/mol. The molecule has 0 atom stereocenters. The fraction of sp³-hybridized carbons (Fsp3) is 0.333. The average molecular weight is 366 g/mol. The summed E-state index contributed by atoms with van der Waals surface area (Å²) in [6.45, 7) is 1.75. The lowest BCUT2D eigenvalue weighted by Gasteiger charge is -2.11. The molecule has 8 heteroatoms. The van der Waals surface area contributed by atoms with Gasteiger partial charge in [-0.25, -0.2) is 4.98 Å². The smallest absolute Gasteiger partial charge is 0.384 e. The van der Waals surface area contributed by atoms with Crippen LogP contribution in [0.4, 0.5) is 24.5 Å². The van der Waals surface area contributed by atoms with E-state index in [1.54, 1.807) is 18.3 Å². The second-order valence-corrected chi connectivity index (χ2v) is 6.04. The minimum atomic E-state index is -4.40. The van der Waals surface area contributed by atoms with E-state index in [9.17, 15) is 18.0 Å². The number of carbonyl (C=O) groups is 1. The van der Waals surface area contributed by atoms with E-state index in [0.29, 0.717) is 0 Å². The molecular formula is C18H21F3N4O. The van der Waals surface area contributed by atoms with Gasteiger partial charge in [0, 0.05) is 12.2 Å². The minimum Gasteiger partial charge on any atom is -0.384 e. The molecule has 0 saturated heterocycles. The monoisotopic (exact) mass is 366 g/mol. The number of hydrogen-bond acceptors (Lipinski definition) is 4. The van der Waals surface area contributed by atoms with Crippen LogP contribution in [0.5, 0.6) is 0 Å². The van der Waals surface area contributed by atoms with E-state index < -0.39 is 17.6 Å². The van der Waals surface area contributed by atoms with Gasteiger partial charge in [0.2, 0.25) is 0 Å². The maximum Gasteiger partial charge on any atom is 0.416 e. The van der Waals surface area contributed by atoms with Crippen molar-refractivity contribution in [1.29, 1.82) is 0 Å². The van der Waals surface area contributed by atoms with E-state index in [2.05, 4.69) is 20.5 Å². The first-order valence-corrected chi connectivity index (χ1v) is 8.09. The van der Waals surface area contributed by atoms with Crippen LogP contribution in [0.15, 0.2) is 42.6 Å². The van der Waals surface area contributed by atoms with Gasteiger partial charge in [0.1, 0.15) is 5.69 Å². The number of hydrogen-bond donors (Lipinski definition) is 2. The van der Waals surface area contributed by atoms with Crippen LogP contribution in [0.1, 0.15) is 22.5 Å². The lowest BCUT2D eigenvalue weighted by atomic mass is 10.2. The molecule has 0 fully saturated rings. The highest BCUT2D eigenvalue weighted by molar-refractivity contribution is 6.02.